The summed E-state index contributed by atoms with van der Waals surface area (Å²) in [5, 5.41) is 8.79. The van der Waals surface area contributed by atoms with E-state index < -0.39 is 5.91 Å². The van der Waals surface area contributed by atoms with Crippen LogP contribution in [0.5, 0.6) is 0 Å². The molecule has 0 fully saturated rings. The van der Waals surface area contributed by atoms with Gasteiger partial charge in [0.05, 0.1) is 4.88 Å². The molecule has 1 amide bonds. The Hall–Kier alpha value is -2.47. The van der Waals surface area contributed by atoms with Crippen molar-refractivity contribution < 1.29 is 10.0 Å². The molecule has 0 bridgehead atoms. The molecule has 2 aromatic carbocycles. The van der Waals surface area contributed by atoms with Gasteiger partial charge in [0.15, 0.2) is 0 Å². The molecular formula is C22H22N2O2S. The fourth-order valence-corrected chi connectivity index (χ4v) is 4.45. The van der Waals surface area contributed by atoms with Crippen molar-refractivity contribution in [2.45, 2.75) is 19.4 Å². The Labute approximate surface area is 163 Å². The standard InChI is InChI=1S/C22H22N2O2S/c25-22(23-26)21-9-8-20(27-21)18-7-6-17-11-13-24(15-19(17)14-18)12-10-16-4-2-1-3-5-16/h1-9,14,26H,10-13,15H2,(H,23,25). The summed E-state index contributed by atoms with van der Waals surface area (Å²) in [6.07, 6.45) is 2.15. The SMILES string of the molecule is O=C(NO)c1ccc(-c2ccc3c(c2)CN(CCc2ccccc2)CC3)s1. The zero-order valence-corrected chi connectivity index (χ0v) is 15.8. The van der Waals surface area contributed by atoms with E-state index in [-0.39, 0.29) is 0 Å². The third-order valence-electron chi connectivity index (χ3n) is 5.07. The van der Waals surface area contributed by atoms with E-state index in [1.165, 1.54) is 28.0 Å². The monoisotopic (exact) mass is 378 g/mol. The number of hydroxylamine groups is 1. The van der Waals surface area contributed by atoms with Crippen LogP contribution >= 0.6 is 11.3 Å². The van der Waals surface area contributed by atoms with Crippen molar-refractivity contribution in [3.05, 3.63) is 82.2 Å². The minimum Gasteiger partial charge on any atom is -0.298 e. The summed E-state index contributed by atoms with van der Waals surface area (Å²) in [6.45, 7) is 3.12. The number of carbonyl (C=O) groups is 1. The summed E-state index contributed by atoms with van der Waals surface area (Å²) in [4.78, 5) is 15.6. The van der Waals surface area contributed by atoms with Gasteiger partial charge in [-0.25, -0.2) is 5.48 Å². The summed E-state index contributed by atoms with van der Waals surface area (Å²) < 4.78 is 0. The topological polar surface area (TPSA) is 52.6 Å². The lowest BCUT2D eigenvalue weighted by Gasteiger charge is -2.29. The molecule has 5 heteroatoms. The van der Waals surface area contributed by atoms with Gasteiger partial charge in [-0.2, -0.15) is 0 Å². The molecule has 2 heterocycles. The number of hydrogen-bond acceptors (Lipinski definition) is 4. The van der Waals surface area contributed by atoms with Crippen LogP contribution in [0.2, 0.25) is 0 Å². The number of rotatable bonds is 5. The van der Waals surface area contributed by atoms with E-state index in [1.54, 1.807) is 11.5 Å². The van der Waals surface area contributed by atoms with E-state index in [9.17, 15) is 4.79 Å². The van der Waals surface area contributed by atoms with Crippen molar-refractivity contribution in [1.82, 2.24) is 10.4 Å². The van der Waals surface area contributed by atoms with Gasteiger partial charge in [0.2, 0.25) is 0 Å². The number of nitrogens with zero attached hydrogens (tertiary/aromatic N) is 1. The normalized spacial score (nSPS) is 14.0. The molecule has 0 saturated heterocycles. The fraction of sp³-hybridized carbons (Fsp3) is 0.227. The van der Waals surface area contributed by atoms with Crippen LogP contribution in [-0.4, -0.2) is 29.1 Å². The molecule has 0 saturated carbocycles. The number of thiophene rings is 1. The lowest BCUT2D eigenvalue weighted by atomic mass is 9.96. The molecule has 1 aliphatic rings. The van der Waals surface area contributed by atoms with Gasteiger partial charge in [-0.15, -0.1) is 11.3 Å². The summed E-state index contributed by atoms with van der Waals surface area (Å²) >= 11 is 1.39. The second kappa shape index (κ2) is 8.05. The molecule has 27 heavy (non-hydrogen) atoms. The average molecular weight is 378 g/mol. The molecule has 1 aliphatic heterocycles. The Kier molecular flexibility index (Phi) is 5.34. The van der Waals surface area contributed by atoms with Crippen molar-refractivity contribution >= 4 is 17.2 Å². The molecule has 2 N–H and O–H groups in total. The minimum absolute atomic E-state index is 0.462. The van der Waals surface area contributed by atoms with E-state index in [0.717, 1.165) is 42.9 Å². The van der Waals surface area contributed by atoms with E-state index in [2.05, 4.69) is 53.4 Å². The molecule has 138 valence electrons. The molecule has 0 aliphatic carbocycles. The first-order valence-corrected chi connectivity index (χ1v) is 9.97. The van der Waals surface area contributed by atoms with Crippen LogP contribution < -0.4 is 5.48 Å². The van der Waals surface area contributed by atoms with E-state index >= 15 is 0 Å². The summed E-state index contributed by atoms with van der Waals surface area (Å²) in [5.74, 6) is -0.462. The lowest BCUT2D eigenvalue weighted by molar-refractivity contribution is 0.0711. The number of amides is 1. The summed E-state index contributed by atoms with van der Waals surface area (Å²) in [5.41, 5.74) is 6.98. The highest BCUT2D eigenvalue weighted by Crippen LogP contribution is 2.31. The number of nitrogens with one attached hydrogen (secondary N) is 1. The van der Waals surface area contributed by atoms with Gasteiger partial charge in [-0.05, 0) is 53.3 Å². The van der Waals surface area contributed by atoms with Crippen LogP contribution in [0, 0.1) is 0 Å². The van der Waals surface area contributed by atoms with Gasteiger partial charge in [0.25, 0.3) is 5.91 Å². The Bertz CT molecular complexity index is 936. The predicted octanol–water partition coefficient (Wildman–Crippen LogP) is 4.13. The van der Waals surface area contributed by atoms with Gasteiger partial charge in [0.1, 0.15) is 0 Å². The average Bonchev–Trinajstić information content (AvgIpc) is 3.22. The predicted molar refractivity (Wildman–Crippen MR) is 108 cm³/mol. The van der Waals surface area contributed by atoms with Gasteiger partial charge in [0, 0.05) is 24.5 Å². The van der Waals surface area contributed by atoms with Crippen LogP contribution in [-0.2, 0) is 19.4 Å². The van der Waals surface area contributed by atoms with Gasteiger partial charge in [-0.3, -0.25) is 14.9 Å². The van der Waals surface area contributed by atoms with Crippen LogP contribution in [0.15, 0.2) is 60.7 Å². The van der Waals surface area contributed by atoms with Crippen LogP contribution in [0.4, 0.5) is 0 Å². The molecule has 1 aromatic heterocycles. The van der Waals surface area contributed by atoms with Crippen molar-refractivity contribution in [2.75, 3.05) is 13.1 Å². The van der Waals surface area contributed by atoms with E-state index in [1.807, 2.05) is 6.07 Å². The lowest BCUT2D eigenvalue weighted by Crippen LogP contribution is -2.32. The molecule has 3 aromatic rings. The highest BCUT2D eigenvalue weighted by Gasteiger charge is 2.17. The third kappa shape index (κ3) is 4.11. The Morgan fingerprint density at radius 2 is 1.93 bits per heavy atom. The maximum Gasteiger partial charge on any atom is 0.284 e. The minimum atomic E-state index is -0.462. The molecule has 0 radical (unpaired) electrons. The van der Waals surface area contributed by atoms with E-state index in [4.69, 9.17) is 5.21 Å². The van der Waals surface area contributed by atoms with Crippen LogP contribution in [0.1, 0.15) is 26.4 Å². The number of hydrogen-bond donors (Lipinski definition) is 2. The first kappa shape index (κ1) is 17.9. The maximum atomic E-state index is 11.6. The molecule has 0 spiro atoms. The van der Waals surface area contributed by atoms with E-state index in [0.29, 0.717) is 4.88 Å². The van der Waals surface area contributed by atoms with Crippen molar-refractivity contribution in [1.29, 1.82) is 0 Å². The highest BCUT2D eigenvalue weighted by molar-refractivity contribution is 7.17. The van der Waals surface area contributed by atoms with Crippen molar-refractivity contribution in [2.24, 2.45) is 0 Å². The van der Waals surface area contributed by atoms with Crippen LogP contribution in [0.25, 0.3) is 10.4 Å². The van der Waals surface area contributed by atoms with Crippen molar-refractivity contribution in [3.8, 4) is 10.4 Å². The molecule has 4 rings (SSSR count). The van der Waals surface area contributed by atoms with Crippen LogP contribution in [0.3, 0.4) is 0 Å². The van der Waals surface area contributed by atoms with Gasteiger partial charge in [-0.1, -0.05) is 42.5 Å². The first-order valence-electron chi connectivity index (χ1n) is 9.15. The Balaban J connectivity index is 1.47. The fourth-order valence-electron chi connectivity index (χ4n) is 3.56. The Morgan fingerprint density at radius 1 is 1.07 bits per heavy atom. The second-order valence-corrected chi connectivity index (χ2v) is 7.93. The molecule has 0 atom stereocenters. The van der Waals surface area contributed by atoms with Gasteiger partial charge < -0.3 is 0 Å². The molecule has 4 nitrogen and oxygen atoms in total. The Morgan fingerprint density at radius 3 is 2.74 bits per heavy atom. The summed E-state index contributed by atoms with van der Waals surface area (Å²) in [6, 6.07) is 20.9. The zero-order valence-electron chi connectivity index (χ0n) is 15.0. The van der Waals surface area contributed by atoms with Crippen molar-refractivity contribution in [3.63, 3.8) is 0 Å². The van der Waals surface area contributed by atoms with Gasteiger partial charge >= 0.3 is 0 Å². The largest absolute Gasteiger partial charge is 0.298 e. The molecule has 0 unspecified atom stereocenters. The highest BCUT2D eigenvalue weighted by atomic mass is 32.1. The first-order chi connectivity index (χ1) is 13.2. The quantitative estimate of drug-likeness (QED) is 0.518. The number of carbonyl (C=O) groups excluding carboxylic acids is 1. The smallest absolute Gasteiger partial charge is 0.284 e. The molecular weight excluding hydrogens is 356 g/mol. The zero-order chi connectivity index (χ0) is 18.6. The maximum absolute atomic E-state index is 11.6. The summed E-state index contributed by atoms with van der Waals surface area (Å²) in [7, 11) is 0. The second-order valence-electron chi connectivity index (χ2n) is 6.85. The number of benzene rings is 2. The third-order valence-corrected chi connectivity index (χ3v) is 6.21. The number of fused-ring (bicyclic) bond motifs is 1.